The molecule has 0 radical (unpaired) electrons. The lowest BCUT2D eigenvalue weighted by atomic mass is 9.98. The predicted molar refractivity (Wildman–Crippen MR) is 115 cm³/mol. The molecule has 0 amide bonds. The van der Waals surface area contributed by atoms with Gasteiger partial charge in [-0.2, -0.15) is 0 Å². The van der Waals surface area contributed by atoms with E-state index in [2.05, 4.69) is 24.6 Å². The zero-order chi connectivity index (χ0) is 19.6. The van der Waals surface area contributed by atoms with Gasteiger partial charge in [-0.25, -0.2) is 0 Å². The molecule has 1 aromatic rings. The summed E-state index contributed by atoms with van der Waals surface area (Å²) in [6.07, 6.45) is 9.14. The summed E-state index contributed by atoms with van der Waals surface area (Å²) in [5.41, 5.74) is 11.6. The average molecular weight is 345 g/mol. The molecule has 0 fully saturated rings. The van der Waals surface area contributed by atoms with Gasteiger partial charge in [0.2, 0.25) is 0 Å². The Morgan fingerprint density at radius 2 is 1.92 bits per heavy atom. The Labute approximate surface area is 154 Å². The van der Waals surface area contributed by atoms with Gasteiger partial charge < -0.3 is 21.0 Å². The van der Waals surface area contributed by atoms with E-state index >= 15 is 0 Å². The Kier molecular flexibility index (Phi) is 10.0. The minimum atomic E-state index is 0. The number of nitrogens with zero attached hydrogens (tertiary/aromatic N) is 1. The van der Waals surface area contributed by atoms with Gasteiger partial charge in [0, 0.05) is 62.6 Å². The van der Waals surface area contributed by atoms with Crippen molar-refractivity contribution >= 4 is 17.4 Å². The molecule has 140 valence electrons. The lowest BCUT2D eigenvalue weighted by Gasteiger charge is -2.08. The lowest BCUT2D eigenvalue weighted by Crippen LogP contribution is -2.01. The Morgan fingerprint density at radius 3 is 2.40 bits per heavy atom. The molecule has 1 aliphatic rings. The number of aromatic amines is 1. The fourth-order valence-corrected chi connectivity index (χ4v) is 2.63. The van der Waals surface area contributed by atoms with Crippen LogP contribution in [0.3, 0.4) is 0 Å². The van der Waals surface area contributed by atoms with Crippen LogP contribution in [0.1, 0.15) is 47.3 Å². The summed E-state index contributed by atoms with van der Waals surface area (Å²) in [4.78, 5) is 5.28. The van der Waals surface area contributed by atoms with Crippen LogP contribution >= 0.6 is 0 Å². The van der Waals surface area contributed by atoms with E-state index in [9.17, 15) is 0 Å². The molecule has 0 aromatic carbocycles. The summed E-state index contributed by atoms with van der Waals surface area (Å²) < 4.78 is 0. The highest BCUT2D eigenvalue weighted by Gasteiger charge is 2.23. The second-order valence-corrected chi connectivity index (χ2v) is 5.44. The van der Waals surface area contributed by atoms with Crippen LogP contribution in [0, 0.1) is 11.3 Å². The summed E-state index contributed by atoms with van der Waals surface area (Å²) >= 11 is 0. The first-order chi connectivity index (χ1) is 12.0. The summed E-state index contributed by atoms with van der Waals surface area (Å²) in [6, 6.07) is 2.08. The number of aromatic nitrogens is 1. The van der Waals surface area contributed by atoms with Crippen molar-refractivity contribution in [3.8, 4) is 0 Å². The predicted octanol–water partition coefficient (Wildman–Crippen LogP) is 5.30. The zero-order valence-corrected chi connectivity index (χ0v) is 16.8. The number of hydrogen-bond acceptors (Lipinski definition) is 3. The number of allylic oxidation sites excluding steroid dienone is 5. The minimum absolute atomic E-state index is 0. The molecule has 0 bridgehead atoms. The van der Waals surface area contributed by atoms with E-state index in [-0.39, 0.29) is 7.34 Å². The maximum absolute atomic E-state index is 7.57. The van der Waals surface area contributed by atoms with Gasteiger partial charge in [-0.05, 0) is 17.2 Å². The van der Waals surface area contributed by atoms with Crippen LogP contribution in [-0.2, 0) is 0 Å². The largest absolute Gasteiger partial charge is 0.398 e. The number of nitrogens with one attached hydrogen (secondary N) is 2. The smallest absolute Gasteiger partial charge is 0.0432 e. The molecule has 4 N–H and O–H groups in total. The third kappa shape index (κ3) is 5.52. The van der Waals surface area contributed by atoms with Crippen LogP contribution in [-0.4, -0.2) is 30.2 Å². The number of rotatable bonds is 5. The van der Waals surface area contributed by atoms with Crippen molar-refractivity contribution in [3.05, 3.63) is 59.7 Å². The molecule has 1 atom stereocenters. The van der Waals surface area contributed by atoms with Crippen LogP contribution in [0.5, 0.6) is 0 Å². The Hall–Kier alpha value is -2.49. The molecule has 4 nitrogen and oxygen atoms in total. The van der Waals surface area contributed by atoms with Crippen molar-refractivity contribution in [3.63, 3.8) is 0 Å². The summed E-state index contributed by atoms with van der Waals surface area (Å²) in [7, 11) is 3.97. The van der Waals surface area contributed by atoms with E-state index in [1.807, 2.05) is 71.2 Å². The highest BCUT2D eigenvalue weighted by atomic mass is 15.0. The maximum atomic E-state index is 7.57. The molecule has 0 saturated heterocycles. The highest BCUT2D eigenvalue weighted by Crippen LogP contribution is 2.35. The van der Waals surface area contributed by atoms with Gasteiger partial charge in [0.25, 0.3) is 0 Å². The molecule has 1 aromatic heterocycles. The SMILES string of the molecule is C=C/C(=C\N(C)C)c1c[nH]c(C2=C(C=N)C(N)=CC2C)c1.CC.CC.[HH]. The van der Waals surface area contributed by atoms with Gasteiger partial charge in [-0.15, -0.1) is 0 Å². The van der Waals surface area contributed by atoms with Gasteiger partial charge in [-0.3, -0.25) is 0 Å². The van der Waals surface area contributed by atoms with E-state index in [1.165, 1.54) is 6.21 Å². The third-order valence-electron chi connectivity index (χ3n) is 3.55. The van der Waals surface area contributed by atoms with Crippen LogP contribution in [0.15, 0.2) is 48.5 Å². The van der Waals surface area contributed by atoms with Crippen molar-refractivity contribution in [2.45, 2.75) is 34.6 Å². The topological polar surface area (TPSA) is 68.9 Å². The quantitative estimate of drug-likeness (QED) is 0.501. The fraction of sp³-hybridized carbons (Fsp3) is 0.381. The summed E-state index contributed by atoms with van der Waals surface area (Å²) in [6.45, 7) is 14.0. The van der Waals surface area contributed by atoms with E-state index < -0.39 is 0 Å². The van der Waals surface area contributed by atoms with Crippen molar-refractivity contribution in [1.82, 2.24) is 9.88 Å². The standard InChI is InChI=1S/C17H22N4.2C2H6.H2/c1-5-12(10-21(3)4)13-7-16(20-9-13)17-11(2)6-15(19)14(17)8-18;2*1-2;/h5-11,18,20H,1,19H2,2-4H3;2*1-2H3;1H/b12-10+,18-8?;;;. The molecule has 1 aliphatic carbocycles. The first-order valence-electron chi connectivity index (χ1n) is 8.90. The Balaban J connectivity index is 0. The van der Waals surface area contributed by atoms with Crippen molar-refractivity contribution in [2.24, 2.45) is 11.7 Å². The average Bonchev–Trinajstić information content (AvgIpc) is 3.19. The number of nitrogens with two attached hydrogens (primary N) is 1. The highest BCUT2D eigenvalue weighted by molar-refractivity contribution is 5.97. The number of hydrogen-bond donors (Lipinski definition) is 3. The Bertz CT molecular complexity index is 663. The lowest BCUT2D eigenvalue weighted by molar-refractivity contribution is 0.566. The molecule has 1 unspecified atom stereocenters. The van der Waals surface area contributed by atoms with Gasteiger partial charge >= 0.3 is 0 Å². The molecule has 1 heterocycles. The van der Waals surface area contributed by atoms with Gasteiger partial charge in [0.1, 0.15) is 0 Å². The van der Waals surface area contributed by atoms with E-state index in [4.69, 9.17) is 11.1 Å². The van der Waals surface area contributed by atoms with Crippen LogP contribution in [0.4, 0.5) is 0 Å². The molecule has 25 heavy (non-hydrogen) atoms. The Morgan fingerprint density at radius 1 is 1.32 bits per heavy atom. The molecule has 4 heteroatoms. The normalized spacial score (nSPS) is 16.2. The molecule has 0 saturated carbocycles. The molecule has 0 spiro atoms. The fourth-order valence-electron chi connectivity index (χ4n) is 2.63. The van der Waals surface area contributed by atoms with E-state index in [1.54, 1.807) is 0 Å². The van der Waals surface area contributed by atoms with E-state index in [0.29, 0.717) is 5.70 Å². The zero-order valence-electron chi connectivity index (χ0n) is 16.8. The molecule has 2 rings (SSSR count). The monoisotopic (exact) mass is 344 g/mol. The number of H-pyrrole nitrogens is 1. The van der Waals surface area contributed by atoms with Crippen molar-refractivity contribution in [2.75, 3.05) is 14.1 Å². The van der Waals surface area contributed by atoms with Gasteiger partial charge in [0.05, 0.1) is 0 Å². The van der Waals surface area contributed by atoms with E-state index in [0.717, 1.165) is 28.0 Å². The van der Waals surface area contributed by atoms with Crippen LogP contribution in [0.25, 0.3) is 11.1 Å². The second-order valence-electron chi connectivity index (χ2n) is 5.44. The third-order valence-corrected chi connectivity index (χ3v) is 3.55. The van der Waals surface area contributed by atoms with Crippen LogP contribution in [0.2, 0.25) is 0 Å². The summed E-state index contributed by atoms with van der Waals surface area (Å²) in [5.74, 6) is 0.207. The second kappa shape index (κ2) is 11.1. The summed E-state index contributed by atoms with van der Waals surface area (Å²) in [5, 5.41) is 7.57. The molecular formula is C21H36N4. The van der Waals surface area contributed by atoms with Crippen LogP contribution < -0.4 is 5.73 Å². The first-order valence-corrected chi connectivity index (χ1v) is 8.90. The van der Waals surface area contributed by atoms with Crippen molar-refractivity contribution in [1.29, 1.82) is 5.41 Å². The molecule has 0 aliphatic heterocycles. The van der Waals surface area contributed by atoms with Crippen molar-refractivity contribution < 1.29 is 1.43 Å². The van der Waals surface area contributed by atoms with Gasteiger partial charge in [0.15, 0.2) is 0 Å². The van der Waals surface area contributed by atoms with Gasteiger partial charge in [-0.1, -0.05) is 53.3 Å². The maximum Gasteiger partial charge on any atom is 0.0432 e. The minimum Gasteiger partial charge on any atom is -0.398 e. The first kappa shape index (κ1) is 22.5. The molecular weight excluding hydrogens is 308 g/mol.